The molecule has 0 aliphatic rings. The van der Waals surface area contributed by atoms with Crippen LogP contribution in [0.2, 0.25) is 5.02 Å². The van der Waals surface area contributed by atoms with Crippen molar-refractivity contribution in [3.63, 3.8) is 0 Å². The molecule has 2 amide bonds. The molecule has 0 aliphatic carbocycles. The first-order valence-corrected chi connectivity index (χ1v) is 7.60. The highest BCUT2D eigenvalue weighted by molar-refractivity contribution is 6.31. The van der Waals surface area contributed by atoms with Crippen LogP contribution in [0.1, 0.15) is 17.3 Å². The number of carbonyl (C=O) groups is 2. The summed E-state index contributed by atoms with van der Waals surface area (Å²) in [6, 6.07) is 10.9. The molecule has 0 saturated carbocycles. The van der Waals surface area contributed by atoms with E-state index in [1.165, 1.54) is 7.11 Å². The van der Waals surface area contributed by atoms with Gasteiger partial charge >= 0.3 is 12.0 Å². The van der Waals surface area contributed by atoms with Gasteiger partial charge in [0.2, 0.25) is 0 Å². The molecular formula is C17H17ClN2O4. The lowest BCUT2D eigenvalue weighted by atomic mass is 10.2. The number of esters is 1. The molecule has 24 heavy (non-hydrogen) atoms. The topological polar surface area (TPSA) is 76.7 Å². The molecule has 0 fully saturated rings. The zero-order valence-electron chi connectivity index (χ0n) is 13.3. The highest BCUT2D eigenvalue weighted by atomic mass is 35.5. The van der Waals surface area contributed by atoms with E-state index < -0.39 is 12.0 Å². The average Bonchev–Trinajstić information content (AvgIpc) is 2.55. The van der Waals surface area contributed by atoms with E-state index >= 15 is 0 Å². The van der Waals surface area contributed by atoms with Crippen LogP contribution in [-0.2, 0) is 4.74 Å². The molecule has 0 heterocycles. The van der Waals surface area contributed by atoms with Crippen molar-refractivity contribution in [3.05, 3.63) is 53.1 Å². The molecule has 7 heteroatoms. The van der Waals surface area contributed by atoms with Crippen molar-refractivity contribution in [3.8, 4) is 5.75 Å². The van der Waals surface area contributed by atoms with Gasteiger partial charge in [-0.3, -0.25) is 0 Å². The van der Waals surface area contributed by atoms with Crippen molar-refractivity contribution in [1.29, 1.82) is 0 Å². The first-order valence-electron chi connectivity index (χ1n) is 7.22. The number of rotatable bonds is 5. The Bertz CT molecular complexity index is 749. The Morgan fingerprint density at radius 2 is 1.79 bits per heavy atom. The maximum atomic E-state index is 12.2. The number of hydrogen-bond acceptors (Lipinski definition) is 4. The maximum Gasteiger partial charge on any atom is 0.340 e. The van der Waals surface area contributed by atoms with Crippen molar-refractivity contribution in [2.45, 2.75) is 6.92 Å². The number of amides is 2. The second-order valence-electron chi connectivity index (χ2n) is 4.69. The van der Waals surface area contributed by atoms with Gasteiger partial charge in [0, 0.05) is 5.02 Å². The summed E-state index contributed by atoms with van der Waals surface area (Å²) >= 11 is 5.93. The smallest absolute Gasteiger partial charge is 0.340 e. The summed E-state index contributed by atoms with van der Waals surface area (Å²) in [4.78, 5) is 24.1. The Morgan fingerprint density at radius 3 is 2.50 bits per heavy atom. The Labute approximate surface area is 144 Å². The summed E-state index contributed by atoms with van der Waals surface area (Å²) in [5.41, 5.74) is 1.03. The lowest BCUT2D eigenvalue weighted by Crippen LogP contribution is -2.21. The second kappa shape index (κ2) is 8.21. The van der Waals surface area contributed by atoms with Crippen molar-refractivity contribution < 1.29 is 19.1 Å². The molecule has 0 radical (unpaired) electrons. The van der Waals surface area contributed by atoms with Crippen LogP contribution in [0.4, 0.5) is 16.2 Å². The van der Waals surface area contributed by atoms with Crippen molar-refractivity contribution >= 4 is 35.0 Å². The Balaban J connectivity index is 2.16. The monoisotopic (exact) mass is 348 g/mol. The number of halogens is 1. The number of carbonyl (C=O) groups excluding carboxylic acids is 2. The van der Waals surface area contributed by atoms with E-state index in [0.29, 0.717) is 22.1 Å². The van der Waals surface area contributed by atoms with Crippen LogP contribution < -0.4 is 15.4 Å². The van der Waals surface area contributed by atoms with Crippen LogP contribution in [0.5, 0.6) is 5.75 Å². The van der Waals surface area contributed by atoms with Gasteiger partial charge in [-0.05, 0) is 37.3 Å². The molecule has 2 rings (SSSR count). The van der Waals surface area contributed by atoms with E-state index in [0.717, 1.165) is 0 Å². The summed E-state index contributed by atoms with van der Waals surface area (Å²) in [5, 5.41) is 5.71. The van der Waals surface area contributed by atoms with Crippen LogP contribution in [0.3, 0.4) is 0 Å². The number of para-hydroxylation sites is 1. The van der Waals surface area contributed by atoms with E-state index in [2.05, 4.69) is 10.6 Å². The van der Waals surface area contributed by atoms with Gasteiger partial charge in [0.15, 0.2) is 0 Å². The van der Waals surface area contributed by atoms with Gasteiger partial charge < -0.3 is 20.1 Å². The summed E-state index contributed by atoms with van der Waals surface area (Å²) < 4.78 is 10.1. The SMILES string of the molecule is CCOC(=O)c1ccccc1NC(=O)Nc1cc(Cl)ccc1OC. The minimum Gasteiger partial charge on any atom is -0.495 e. The van der Waals surface area contributed by atoms with Crippen LogP contribution in [0.15, 0.2) is 42.5 Å². The number of methoxy groups -OCH3 is 1. The summed E-state index contributed by atoms with van der Waals surface area (Å²) in [7, 11) is 1.49. The van der Waals surface area contributed by atoms with Gasteiger partial charge in [0.25, 0.3) is 0 Å². The minimum absolute atomic E-state index is 0.249. The molecular weight excluding hydrogens is 332 g/mol. The fraction of sp³-hybridized carbons (Fsp3) is 0.176. The van der Waals surface area contributed by atoms with Gasteiger partial charge in [-0.2, -0.15) is 0 Å². The summed E-state index contributed by atoms with van der Waals surface area (Å²) in [5.74, 6) is -0.0398. The molecule has 0 aliphatic heterocycles. The van der Waals surface area contributed by atoms with E-state index in [1.54, 1.807) is 49.4 Å². The fourth-order valence-corrected chi connectivity index (χ4v) is 2.20. The molecule has 0 atom stereocenters. The van der Waals surface area contributed by atoms with Crippen LogP contribution in [0, 0.1) is 0 Å². The number of anilines is 2. The van der Waals surface area contributed by atoms with E-state index in [4.69, 9.17) is 21.1 Å². The molecule has 0 spiro atoms. The van der Waals surface area contributed by atoms with Crippen LogP contribution >= 0.6 is 11.6 Å². The highest BCUT2D eigenvalue weighted by Gasteiger charge is 2.15. The normalized spacial score (nSPS) is 9.96. The number of ether oxygens (including phenoxy) is 2. The van der Waals surface area contributed by atoms with Crippen molar-refractivity contribution in [2.24, 2.45) is 0 Å². The minimum atomic E-state index is -0.535. The standard InChI is InChI=1S/C17H17ClN2O4/c1-3-24-16(21)12-6-4-5-7-13(12)19-17(22)20-14-10-11(18)8-9-15(14)23-2/h4-10H,3H2,1-2H3,(H2,19,20,22). The van der Waals surface area contributed by atoms with Gasteiger partial charge in [0.1, 0.15) is 5.75 Å². The number of hydrogen-bond donors (Lipinski definition) is 2. The van der Waals surface area contributed by atoms with Crippen molar-refractivity contribution in [2.75, 3.05) is 24.4 Å². The third kappa shape index (κ3) is 4.39. The predicted octanol–water partition coefficient (Wildman–Crippen LogP) is 4.17. The summed E-state index contributed by atoms with van der Waals surface area (Å²) in [6.07, 6.45) is 0. The zero-order valence-corrected chi connectivity index (χ0v) is 14.0. The lowest BCUT2D eigenvalue weighted by molar-refractivity contribution is 0.0527. The lowest BCUT2D eigenvalue weighted by Gasteiger charge is -2.13. The Hall–Kier alpha value is -2.73. The van der Waals surface area contributed by atoms with Crippen LogP contribution in [-0.4, -0.2) is 25.7 Å². The first-order chi connectivity index (χ1) is 11.5. The third-order valence-corrected chi connectivity index (χ3v) is 3.32. The Kier molecular flexibility index (Phi) is 6.03. The average molecular weight is 349 g/mol. The molecule has 2 aromatic rings. The number of nitrogens with one attached hydrogen (secondary N) is 2. The summed E-state index contributed by atoms with van der Waals surface area (Å²) in [6.45, 7) is 1.96. The second-order valence-corrected chi connectivity index (χ2v) is 5.13. The molecule has 126 valence electrons. The van der Waals surface area contributed by atoms with Crippen LogP contribution in [0.25, 0.3) is 0 Å². The quantitative estimate of drug-likeness (QED) is 0.795. The van der Waals surface area contributed by atoms with Gasteiger partial charge in [-0.15, -0.1) is 0 Å². The van der Waals surface area contributed by atoms with Gasteiger partial charge in [0.05, 0.1) is 30.7 Å². The molecule has 0 aromatic heterocycles. The van der Waals surface area contributed by atoms with Gasteiger partial charge in [-0.1, -0.05) is 23.7 Å². The molecule has 0 bridgehead atoms. The van der Waals surface area contributed by atoms with Crippen molar-refractivity contribution in [1.82, 2.24) is 0 Å². The highest BCUT2D eigenvalue weighted by Crippen LogP contribution is 2.28. The first kappa shape index (κ1) is 17.6. The van der Waals surface area contributed by atoms with E-state index in [1.807, 2.05) is 0 Å². The molecule has 2 N–H and O–H groups in total. The number of benzene rings is 2. The largest absolute Gasteiger partial charge is 0.495 e. The third-order valence-electron chi connectivity index (χ3n) is 3.08. The molecule has 0 saturated heterocycles. The fourth-order valence-electron chi connectivity index (χ4n) is 2.03. The molecule has 2 aromatic carbocycles. The van der Waals surface area contributed by atoms with E-state index in [-0.39, 0.29) is 12.2 Å². The molecule has 6 nitrogen and oxygen atoms in total. The van der Waals surface area contributed by atoms with Gasteiger partial charge in [-0.25, -0.2) is 9.59 Å². The zero-order chi connectivity index (χ0) is 17.5. The van der Waals surface area contributed by atoms with E-state index in [9.17, 15) is 9.59 Å². The number of urea groups is 1. The Morgan fingerprint density at radius 1 is 1.08 bits per heavy atom. The maximum absolute atomic E-state index is 12.2. The predicted molar refractivity (Wildman–Crippen MR) is 93.0 cm³/mol. The molecule has 0 unspecified atom stereocenters.